The van der Waals surface area contributed by atoms with E-state index in [4.69, 9.17) is 5.73 Å². The van der Waals surface area contributed by atoms with Crippen molar-refractivity contribution < 1.29 is 0 Å². The van der Waals surface area contributed by atoms with Gasteiger partial charge >= 0.3 is 0 Å². The van der Waals surface area contributed by atoms with E-state index in [9.17, 15) is 0 Å². The minimum Gasteiger partial charge on any atom is -0.330 e. The first kappa shape index (κ1) is 9.70. The van der Waals surface area contributed by atoms with Crippen LogP contribution in [-0.2, 0) is 0 Å². The molecule has 1 heteroatoms. The normalized spacial score (nSPS) is 60.9. The van der Waals surface area contributed by atoms with Gasteiger partial charge in [-0.1, -0.05) is 19.1 Å². The van der Waals surface area contributed by atoms with E-state index in [0.717, 1.165) is 42.1 Å². The maximum absolute atomic E-state index is 6.13. The van der Waals surface area contributed by atoms with Crippen LogP contribution in [-0.4, -0.2) is 6.54 Å². The van der Waals surface area contributed by atoms with E-state index in [1.54, 1.807) is 0 Å². The molecule has 88 valence electrons. The number of hydrogen-bond donors (Lipinski definition) is 1. The van der Waals surface area contributed by atoms with Gasteiger partial charge in [0.15, 0.2) is 0 Å². The fraction of sp³-hybridized carbons (Fsp3) is 0.867. The number of nitrogens with two attached hydrogens (primary N) is 1. The first-order valence-electron chi connectivity index (χ1n) is 7.17. The molecule has 4 rings (SSSR count). The molecule has 3 saturated carbocycles. The molecule has 7 atom stereocenters. The molecule has 0 aromatic heterocycles. The van der Waals surface area contributed by atoms with Gasteiger partial charge in [0.05, 0.1) is 0 Å². The summed E-state index contributed by atoms with van der Waals surface area (Å²) >= 11 is 0. The zero-order chi connectivity index (χ0) is 10.9. The quantitative estimate of drug-likeness (QED) is 0.558. The van der Waals surface area contributed by atoms with Crippen LogP contribution in [0.4, 0.5) is 0 Å². The molecule has 0 spiro atoms. The van der Waals surface area contributed by atoms with Crippen molar-refractivity contribution in [3.8, 4) is 0 Å². The van der Waals surface area contributed by atoms with E-state index >= 15 is 0 Å². The molecule has 0 aromatic carbocycles. The summed E-state index contributed by atoms with van der Waals surface area (Å²) in [5, 5.41) is 0. The highest BCUT2D eigenvalue weighted by molar-refractivity contribution is 5.22. The van der Waals surface area contributed by atoms with Crippen molar-refractivity contribution in [2.45, 2.75) is 32.6 Å². The van der Waals surface area contributed by atoms with Crippen LogP contribution in [0.3, 0.4) is 0 Å². The van der Waals surface area contributed by atoms with Gasteiger partial charge in [0.1, 0.15) is 0 Å². The van der Waals surface area contributed by atoms with Gasteiger partial charge in [-0.15, -0.1) is 0 Å². The molecule has 0 radical (unpaired) electrons. The van der Waals surface area contributed by atoms with Crippen LogP contribution < -0.4 is 5.73 Å². The third-order valence-corrected chi connectivity index (χ3v) is 6.71. The number of allylic oxidation sites excluding steroid dienone is 2. The van der Waals surface area contributed by atoms with Crippen molar-refractivity contribution in [2.24, 2.45) is 46.7 Å². The molecule has 7 unspecified atom stereocenters. The first-order valence-corrected chi connectivity index (χ1v) is 7.17. The lowest BCUT2D eigenvalue weighted by Crippen LogP contribution is -2.43. The summed E-state index contributed by atoms with van der Waals surface area (Å²) in [6.07, 6.45) is 10.8. The zero-order valence-electron chi connectivity index (χ0n) is 10.2. The maximum atomic E-state index is 6.13. The average Bonchev–Trinajstić information content (AvgIpc) is 3.05. The second-order valence-electron chi connectivity index (χ2n) is 6.83. The minimum absolute atomic E-state index is 0.532. The standard InChI is InChI=1S/C15H23N/c1-2-15(8-16)7-11-6-12(15)14-10-4-3-9(5-10)13(11)14/h3-4,9-14H,2,5-8,16H2,1H3. The highest BCUT2D eigenvalue weighted by Crippen LogP contribution is 2.70. The molecule has 4 aliphatic carbocycles. The Bertz CT molecular complexity index is 341. The highest BCUT2D eigenvalue weighted by atomic mass is 14.7. The largest absolute Gasteiger partial charge is 0.330 e. The van der Waals surface area contributed by atoms with Crippen molar-refractivity contribution in [2.75, 3.05) is 6.54 Å². The van der Waals surface area contributed by atoms with Gasteiger partial charge in [-0.2, -0.15) is 0 Å². The Hall–Kier alpha value is -0.300. The smallest absolute Gasteiger partial charge is 0.00178 e. The lowest BCUT2D eigenvalue weighted by molar-refractivity contribution is 0.0627. The third kappa shape index (κ3) is 0.895. The first-order chi connectivity index (χ1) is 7.79. The Morgan fingerprint density at radius 1 is 1.19 bits per heavy atom. The van der Waals surface area contributed by atoms with Crippen LogP contribution in [0.5, 0.6) is 0 Å². The summed E-state index contributed by atoms with van der Waals surface area (Å²) in [4.78, 5) is 0. The second-order valence-corrected chi connectivity index (χ2v) is 6.83. The van der Waals surface area contributed by atoms with Crippen molar-refractivity contribution >= 4 is 0 Å². The summed E-state index contributed by atoms with van der Waals surface area (Å²) in [6.45, 7) is 3.31. The molecular formula is C15H23N. The van der Waals surface area contributed by atoms with E-state index in [0.29, 0.717) is 5.41 Å². The SMILES string of the molecule is CCC1(CN)CC2CC1C1C3C=CC(C3)C21. The van der Waals surface area contributed by atoms with Crippen molar-refractivity contribution in [3.63, 3.8) is 0 Å². The molecule has 0 saturated heterocycles. The monoisotopic (exact) mass is 217 g/mol. The second kappa shape index (κ2) is 2.93. The lowest BCUT2D eigenvalue weighted by atomic mass is 9.61. The van der Waals surface area contributed by atoms with Crippen LogP contribution >= 0.6 is 0 Å². The maximum Gasteiger partial charge on any atom is -0.00178 e. The Balaban J connectivity index is 1.73. The molecule has 0 aromatic rings. The fourth-order valence-electron chi connectivity index (χ4n) is 6.11. The molecule has 0 heterocycles. The molecule has 0 aliphatic heterocycles. The Labute approximate surface area is 98.5 Å². The average molecular weight is 217 g/mol. The fourth-order valence-corrected chi connectivity index (χ4v) is 6.11. The van der Waals surface area contributed by atoms with Gasteiger partial charge in [0, 0.05) is 0 Å². The van der Waals surface area contributed by atoms with E-state index < -0.39 is 0 Å². The van der Waals surface area contributed by atoms with Crippen LogP contribution in [0.1, 0.15) is 32.6 Å². The molecule has 2 N–H and O–H groups in total. The predicted octanol–water partition coefficient (Wildman–Crippen LogP) is 2.82. The number of fused-ring (bicyclic) bond motifs is 9. The summed E-state index contributed by atoms with van der Waals surface area (Å²) < 4.78 is 0. The number of hydrogen-bond acceptors (Lipinski definition) is 1. The molecular weight excluding hydrogens is 194 g/mol. The van der Waals surface area contributed by atoms with E-state index in [1.165, 1.54) is 25.7 Å². The molecule has 3 fully saturated rings. The van der Waals surface area contributed by atoms with Gasteiger partial charge in [0.25, 0.3) is 0 Å². The van der Waals surface area contributed by atoms with E-state index in [1.807, 2.05) is 0 Å². The predicted molar refractivity (Wildman–Crippen MR) is 65.7 cm³/mol. The van der Waals surface area contributed by atoms with E-state index in [2.05, 4.69) is 19.1 Å². The molecule has 1 nitrogen and oxygen atoms in total. The van der Waals surface area contributed by atoms with Gasteiger partial charge in [-0.3, -0.25) is 0 Å². The topological polar surface area (TPSA) is 26.0 Å². The third-order valence-electron chi connectivity index (χ3n) is 6.71. The van der Waals surface area contributed by atoms with Crippen LogP contribution in [0.25, 0.3) is 0 Å². The Morgan fingerprint density at radius 2 is 1.94 bits per heavy atom. The Kier molecular flexibility index (Phi) is 1.78. The zero-order valence-corrected chi connectivity index (χ0v) is 10.2. The molecule has 4 aliphatic rings. The van der Waals surface area contributed by atoms with Gasteiger partial charge in [-0.25, -0.2) is 0 Å². The van der Waals surface area contributed by atoms with Crippen LogP contribution in [0.2, 0.25) is 0 Å². The van der Waals surface area contributed by atoms with Gasteiger partial charge in [-0.05, 0) is 73.2 Å². The molecule has 4 bridgehead atoms. The Morgan fingerprint density at radius 3 is 2.62 bits per heavy atom. The van der Waals surface area contributed by atoms with Crippen LogP contribution in [0.15, 0.2) is 12.2 Å². The van der Waals surface area contributed by atoms with Crippen molar-refractivity contribution in [3.05, 3.63) is 12.2 Å². The summed E-state index contributed by atoms with van der Waals surface area (Å²) in [5.41, 5.74) is 6.66. The van der Waals surface area contributed by atoms with Crippen LogP contribution in [0, 0.1) is 40.9 Å². The van der Waals surface area contributed by atoms with Crippen molar-refractivity contribution in [1.29, 1.82) is 0 Å². The minimum atomic E-state index is 0.532. The van der Waals surface area contributed by atoms with Crippen molar-refractivity contribution in [1.82, 2.24) is 0 Å². The summed E-state index contributed by atoms with van der Waals surface area (Å²) in [6, 6.07) is 0. The number of rotatable bonds is 2. The molecule has 16 heavy (non-hydrogen) atoms. The summed E-state index contributed by atoms with van der Waals surface area (Å²) in [5.74, 6) is 5.97. The van der Waals surface area contributed by atoms with Gasteiger partial charge < -0.3 is 5.73 Å². The van der Waals surface area contributed by atoms with E-state index in [-0.39, 0.29) is 0 Å². The summed E-state index contributed by atoms with van der Waals surface area (Å²) in [7, 11) is 0. The lowest BCUT2D eigenvalue weighted by Gasteiger charge is -2.44. The molecule has 0 amide bonds. The van der Waals surface area contributed by atoms with Gasteiger partial charge in [0.2, 0.25) is 0 Å². The highest BCUT2D eigenvalue weighted by Gasteiger charge is 2.64.